The highest BCUT2D eigenvalue weighted by Gasteiger charge is 2.64. The highest BCUT2D eigenvalue weighted by molar-refractivity contribution is 7.10. The van der Waals surface area contributed by atoms with Crippen molar-refractivity contribution in [3.05, 3.63) is 81.3 Å². The molecule has 1 aliphatic heterocycles. The fourth-order valence-corrected chi connectivity index (χ4v) is 6.26. The molecule has 2 aromatic carbocycles. The van der Waals surface area contributed by atoms with E-state index in [4.69, 9.17) is 15.9 Å². The lowest BCUT2D eigenvalue weighted by molar-refractivity contribution is -0.139. The van der Waals surface area contributed by atoms with Gasteiger partial charge in [0.15, 0.2) is 0 Å². The van der Waals surface area contributed by atoms with Crippen LogP contribution in [-0.4, -0.2) is 47.1 Å². The van der Waals surface area contributed by atoms with Crippen LogP contribution >= 0.6 is 11.3 Å². The number of nitrogen functional groups attached to an aromatic ring is 1. The van der Waals surface area contributed by atoms with Crippen LogP contribution in [0.25, 0.3) is 0 Å². The molecular formula is C30H32FN5O4S. The number of halogens is 1. The number of rotatable bonds is 9. The molecule has 1 saturated heterocycles. The van der Waals surface area contributed by atoms with Crippen LogP contribution in [0.4, 0.5) is 4.39 Å². The van der Waals surface area contributed by atoms with Crippen molar-refractivity contribution in [2.45, 2.75) is 51.7 Å². The molecule has 1 aliphatic carbocycles. The molecular weight excluding hydrogens is 545 g/mol. The molecule has 1 unspecified atom stereocenters. The van der Waals surface area contributed by atoms with Crippen LogP contribution in [0.5, 0.6) is 11.5 Å². The normalized spacial score (nSPS) is 21.5. The van der Waals surface area contributed by atoms with E-state index in [9.17, 15) is 18.8 Å². The number of likely N-dealkylation sites (tertiary alicyclic amines) is 1. The predicted octanol–water partition coefficient (Wildman–Crippen LogP) is 4.26. The number of amides is 3. The molecule has 5 rings (SSSR count). The van der Waals surface area contributed by atoms with Gasteiger partial charge in [-0.1, -0.05) is 6.92 Å². The Labute approximate surface area is 241 Å². The van der Waals surface area contributed by atoms with Gasteiger partial charge in [-0.05, 0) is 86.2 Å². The largest absolute Gasteiger partial charge is 0.457 e. The second-order valence-corrected chi connectivity index (χ2v) is 11.9. The molecule has 2 heterocycles. The summed E-state index contributed by atoms with van der Waals surface area (Å²) in [7, 11) is 0. The standard InChI is InChI=1S/C30H32FN5O4S/c1-16-10-18(4-9-23(16)40-21-7-5-20(31)6-8-21)28(38)34-14-26(37)36-22(12-30(3)13-25(30)36)29(39)35-17(2)24-11-19(15-41-24)27(32)33/h4-11,15,17,22,25H,12-14H2,1-3H3,(H3,32,33)(H,34,38)(H,35,39)/t17?,22-,25-,30+/m0/s1. The van der Waals surface area contributed by atoms with Crippen LogP contribution in [0.1, 0.15) is 59.1 Å². The lowest BCUT2D eigenvalue weighted by Gasteiger charge is -2.28. The SMILES string of the molecule is Cc1cc(C(=O)NCC(=O)N2[C@H]3C[C@@]3(C)C[C@H]2C(=O)NC(C)c2cc(C(=N)N)cs2)ccc1Oc1ccc(F)cc1. The first-order valence-electron chi connectivity index (χ1n) is 13.3. The summed E-state index contributed by atoms with van der Waals surface area (Å²) < 4.78 is 18.9. The Morgan fingerprint density at radius 2 is 1.90 bits per heavy atom. The van der Waals surface area contributed by atoms with Crippen LogP contribution in [0.3, 0.4) is 0 Å². The van der Waals surface area contributed by atoms with Gasteiger partial charge in [-0.25, -0.2) is 4.39 Å². The van der Waals surface area contributed by atoms with Gasteiger partial charge < -0.3 is 26.0 Å². The minimum absolute atomic E-state index is 0.0296. The summed E-state index contributed by atoms with van der Waals surface area (Å²) in [4.78, 5) is 42.0. The number of carbonyl (C=O) groups excluding carboxylic acids is 3. The molecule has 214 valence electrons. The number of hydrogen-bond acceptors (Lipinski definition) is 6. The number of piperidine rings is 1. The second kappa shape index (κ2) is 11.0. The quantitative estimate of drug-likeness (QED) is 0.223. The third kappa shape index (κ3) is 5.95. The van der Waals surface area contributed by atoms with Gasteiger partial charge in [0, 0.05) is 27.4 Å². The van der Waals surface area contributed by atoms with Gasteiger partial charge in [-0.15, -0.1) is 11.3 Å². The molecule has 4 atom stereocenters. The van der Waals surface area contributed by atoms with E-state index in [1.807, 2.05) is 6.92 Å². The van der Waals surface area contributed by atoms with Crippen LogP contribution in [0.2, 0.25) is 0 Å². The number of aryl methyl sites for hydroxylation is 1. The van der Waals surface area contributed by atoms with Crippen molar-refractivity contribution in [1.82, 2.24) is 15.5 Å². The molecule has 3 aromatic rings. The molecule has 5 N–H and O–H groups in total. The Morgan fingerprint density at radius 3 is 2.56 bits per heavy atom. The average molecular weight is 578 g/mol. The Morgan fingerprint density at radius 1 is 1.17 bits per heavy atom. The maximum atomic E-state index is 13.3. The lowest BCUT2D eigenvalue weighted by Crippen LogP contribution is -2.51. The number of ether oxygens (including phenoxy) is 1. The molecule has 3 amide bonds. The molecule has 0 spiro atoms. The molecule has 2 aliphatic rings. The lowest BCUT2D eigenvalue weighted by atomic mass is 10.0. The zero-order chi connectivity index (χ0) is 29.5. The summed E-state index contributed by atoms with van der Waals surface area (Å²) in [6.07, 6.45) is 1.39. The van der Waals surface area contributed by atoms with Crippen LogP contribution in [0, 0.1) is 23.6 Å². The maximum Gasteiger partial charge on any atom is 0.251 e. The molecule has 9 nitrogen and oxygen atoms in total. The number of fused-ring (bicyclic) bond motifs is 1. The van der Waals surface area contributed by atoms with E-state index in [0.29, 0.717) is 34.6 Å². The monoisotopic (exact) mass is 577 g/mol. The number of amidine groups is 1. The van der Waals surface area contributed by atoms with Crippen LogP contribution < -0.4 is 21.1 Å². The van der Waals surface area contributed by atoms with E-state index in [1.54, 1.807) is 41.5 Å². The highest BCUT2D eigenvalue weighted by atomic mass is 32.1. The van der Waals surface area contributed by atoms with Crippen molar-refractivity contribution in [3.63, 3.8) is 0 Å². The molecule has 1 saturated carbocycles. The summed E-state index contributed by atoms with van der Waals surface area (Å²) >= 11 is 1.41. The summed E-state index contributed by atoms with van der Waals surface area (Å²) in [6.45, 7) is 5.49. The Balaban J connectivity index is 1.19. The third-order valence-electron chi connectivity index (χ3n) is 7.82. The van der Waals surface area contributed by atoms with Gasteiger partial charge in [0.1, 0.15) is 29.2 Å². The molecule has 41 heavy (non-hydrogen) atoms. The Kier molecular flexibility index (Phi) is 7.56. The van der Waals surface area contributed by atoms with Gasteiger partial charge in [0.25, 0.3) is 5.91 Å². The molecule has 0 radical (unpaired) electrons. The number of thiophene rings is 1. The number of nitrogens with two attached hydrogens (primary N) is 1. The van der Waals surface area contributed by atoms with Crippen molar-refractivity contribution >= 4 is 34.9 Å². The number of hydrogen-bond donors (Lipinski definition) is 4. The van der Waals surface area contributed by atoms with Gasteiger partial charge in [0.05, 0.1) is 12.6 Å². The number of nitrogens with one attached hydrogen (secondary N) is 3. The average Bonchev–Trinajstić information content (AvgIpc) is 3.26. The Hall–Kier alpha value is -4.25. The zero-order valence-corrected chi connectivity index (χ0v) is 23.8. The third-order valence-corrected chi connectivity index (χ3v) is 8.94. The summed E-state index contributed by atoms with van der Waals surface area (Å²) in [5, 5.41) is 15.1. The van der Waals surface area contributed by atoms with Crippen molar-refractivity contribution in [3.8, 4) is 11.5 Å². The van der Waals surface area contributed by atoms with Crippen molar-refractivity contribution in [2.24, 2.45) is 11.1 Å². The fraction of sp³-hybridized carbons (Fsp3) is 0.333. The highest BCUT2D eigenvalue weighted by Crippen LogP contribution is 2.59. The number of nitrogens with zero attached hydrogens (tertiary/aromatic N) is 1. The first-order valence-corrected chi connectivity index (χ1v) is 14.2. The second-order valence-electron chi connectivity index (χ2n) is 11.0. The van der Waals surface area contributed by atoms with E-state index < -0.39 is 11.9 Å². The molecule has 11 heteroatoms. The van der Waals surface area contributed by atoms with Gasteiger partial charge in [0.2, 0.25) is 11.8 Å². The summed E-state index contributed by atoms with van der Waals surface area (Å²) in [5.74, 6) is -0.355. The maximum absolute atomic E-state index is 13.3. The molecule has 2 fully saturated rings. The van der Waals surface area contributed by atoms with E-state index in [2.05, 4.69) is 17.6 Å². The van der Waals surface area contributed by atoms with E-state index in [0.717, 1.165) is 11.3 Å². The van der Waals surface area contributed by atoms with Gasteiger partial charge >= 0.3 is 0 Å². The topological polar surface area (TPSA) is 138 Å². The first kappa shape index (κ1) is 28.3. The van der Waals surface area contributed by atoms with E-state index in [1.165, 1.54) is 35.6 Å². The fourth-order valence-electron chi connectivity index (χ4n) is 5.35. The van der Waals surface area contributed by atoms with Gasteiger partial charge in [-0.3, -0.25) is 19.8 Å². The van der Waals surface area contributed by atoms with Crippen LogP contribution in [-0.2, 0) is 9.59 Å². The van der Waals surface area contributed by atoms with E-state index >= 15 is 0 Å². The minimum Gasteiger partial charge on any atom is -0.457 e. The predicted molar refractivity (Wildman–Crippen MR) is 154 cm³/mol. The smallest absolute Gasteiger partial charge is 0.251 e. The van der Waals surface area contributed by atoms with Crippen molar-refractivity contribution in [1.29, 1.82) is 5.41 Å². The summed E-state index contributed by atoms with van der Waals surface area (Å²) in [6, 6.07) is 11.4. The molecule has 0 bridgehead atoms. The van der Waals surface area contributed by atoms with E-state index in [-0.39, 0.29) is 47.5 Å². The van der Waals surface area contributed by atoms with Crippen LogP contribution in [0.15, 0.2) is 53.9 Å². The first-order chi connectivity index (χ1) is 19.4. The minimum atomic E-state index is -0.622. The summed E-state index contributed by atoms with van der Waals surface area (Å²) in [5.41, 5.74) is 7.13. The number of benzene rings is 2. The van der Waals surface area contributed by atoms with Crippen molar-refractivity contribution in [2.75, 3.05) is 6.54 Å². The molecule has 1 aromatic heterocycles. The zero-order valence-electron chi connectivity index (χ0n) is 23.0. The number of carbonyl (C=O) groups is 3. The Bertz CT molecular complexity index is 1520. The van der Waals surface area contributed by atoms with Gasteiger partial charge in [-0.2, -0.15) is 0 Å². The van der Waals surface area contributed by atoms with Crippen molar-refractivity contribution < 1.29 is 23.5 Å².